The molecule has 4 nitrogen and oxygen atoms in total. The number of carbonyl (C=O) groups is 1. The number of nitrogens with one attached hydrogen (secondary N) is 1. The lowest BCUT2D eigenvalue weighted by molar-refractivity contribution is -0.137. The van der Waals surface area contributed by atoms with Gasteiger partial charge in [-0.3, -0.25) is 4.79 Å². The minimum absolute atomic E-state index is 0.129. The Hall–Kier alpha value is -2.77. The summed E-state index contributed by atoms with van der Waals surface area (Å²) in [5.74, 6) is -0.942. The van der Waals surface area contributed by atoms with Gasteiger partial charge in [0, 0.05) is 31.4 Å². The molecule has 1 N–H and O–H groups in total. The molecule has 5 rings (SSSR count). The van der Waals surface area contributed by atoms with E-state index in [0.717, 1.165) is 24.6 Å². The number of anilines is 2. The molecule has 2 heterocycles. The highest BCUT2D eigenvalue weighted by Crippen LogP contribution is 2.40. The molecule has 0 bridgehead atoms. The highest BCUT2D eigenvalue weighted by Gasteiger charge is 2.44. The van der Waals surface area contributed by atoms with E-state index in [1.807, 2.05) is 9.80 Å². The summed E-state index contributed by atoms with van der Waals surface area (Å²) in [7, 11) is 0. The fraction of sp³-hybridized carbons (Fsp3) is 0.435. The van der Waals surface area contributed by atoms with E-state index in [4.69, 9.17) is 0 Å². The normalized spacial score (nSPS) is 23.2. The van der Waals surface area contributed by atoms with Crippen LogP contribution in [0.5, 0.6) is 0 Å². The van der Waals surface area contributed by atoms with E-state index < -0.39 is 17.7 Å². The van der Waals surface area contributed by atoms with Crippen LogP contribution in [0.1, 0.15) is 24.0 Å². The zero-order valence-electron chi connectivity index (χ0n) is 16.8. The van der Waals surface area contributed by atoms with Gasteiger partial charge in [-0.15, -0.1) is 0 Å². The molecule has 3 aliphatic rings. The lowest BCUT2D eigenvalue weighted by atomic mass is 9.82. The number of amides is 1. The number of halogens is 4. The number of hydrogen-bond donors (Lipinski definition) is 1. The van der Waals surface area contributed by atoms with Crippen LogP contribution >= 0.6 is 0 Å². The zero-order valence-corrected chi connectivity index (χ0v) is 16.8. The molecule has 1 saturated carbocycles. The summed E-state index contributed by atoms with van der Waals surface area (Å²) in [6.45, 7) is 1.46. The molecule has 2 aromatic carbocycles. The SMILES string of the molecule is O=C(NC1CC1)[C@@H]1Cc2cc(C(F)(F)F)ccc2N2CCN(c3ccccc3F)C[C@@H]12. The maximum atomic E-state index is 14.4. The minimum Gasteiger partial charge on any atom is -0.365 e. The third-order valence-electron chi connectivity index (χ3n) is 6.49. The van der Waals surface area contributed by atoms with Gasteiger partial charge in [0.15, 0.2) is 0 Å². The van der Waals surface area contributed by atoms with Crippen molar-refractivity contribution in [2.75, 3.05) is 29.4 Å². The number of hydrogen-bond acceptors (Lipinski definition) is 3. The van der Waals surface area contributed by atoms with Gasteiger partial charge < -0.3 is 15.1 Å². The molecule has 31 heavy (non-hydrogen) atoms. The first kappa shape index (κ1) is 20.2. The van der Waals surface area contributed by atoms with E-state index in [2.05, 4.69) is 5.32 Å². The van der Waals surface area contributed by atoms with Crippen molar-refractivity contribution in [3.63, 3.8) is 0 Å². The van der Waals surface area contributed by atoms with Gasteiger partial charge in [0.1, 0.15) is 5.82 Å². The molecule has 2 aromatic rings. The number of rotatable bonds is 3. The monoisotopic (exact) mass is 433 g/mol. The standard InChI is InChI=1S/C23H23F4N3O/c24-18-3-1-2-4-20(18)29-9-10-30-19-8-5-15(23(25,26)27)11-14(19)12-17(21(30)13-29)22(31)28-16-6-7-16/h1-5,8,11,16-17,21H,6-7,9-10,12-13H2,(H,28,31)/t17-,21+/m1/s1. The van der Waals surface area contributed by atoms with Crippen molar-refractivity contribution in [2.24, 2.45) is 5.92 Å². The second-order valence-electron chi connectivity index (χ2n) is 8.59. The average molecular weight is 433 g/mol. The summed E-state index contributed by atoms with van der Waals surface area (Å²) in [4.78, 5) is 17.0. The van der Waals surface area contributed by atoms with Gasteiger partial charge in [0.05, 0.1) is 23.2 Å². The number of nitrogens with zero attached hydrogens (tertiary/aromatic N) is 2. The van der Waals surface area contributed by atoms with Gasteiger partial charge in [-0.1, -0.05) is 12.1 Å². The molecular formula is C23H23F4N3O. The van der Waals surface area contributed by atoms with Gasteiger partial charge in [-0.05, 0) is 55.2 Å². The number of alkyl halides is 3. The van der Waals surface area contributed by atoms with Crippen molar-refractivity contribution >= 4 is 17.3 Å². The summed E-state index contributed by atoms with van der Waals surface area (Å²) in [6.07, 6.45) is -2.32. The van der Waals surface area contributed by atoms with Crippen LogP contribution in [0, 0.1) is 11.7 Å². The van der Waals surface area contributed by atoms with Crippen molar-refractivity contribution in [2.45, 2.75) is 37.5 Å². The van der Waals surface area contributed by atoms with Gasteiger partial charge in [0.2, 0.25) is 5.91 Å². The Kier molecular flexibility index (Phi) is 4.83. The Morgan fingerprint density at radius 1 is 1.03 bits per heavy atom. The van der Waals surface area contributed by atoms with E-state index in [-0.39, 0.29) is 30.2 Å². The van der Waals surface area contributed by atoms with E-state index in [9.17, 15) is 22.4 Å². The molecule has 0 unspecified atom stereocenters. The van der Waals surface area contributed by atoms with E-state index in [1.165, 1.54) is 18.2 Å². The van der Waals surface area contributed by atoms with Crippen molar-refractivity contribution in [1.82, 2.24) is 5.32 Å². The Morgan fingerprint density at radius 3 is 2.52 bits per heavy atom. The van der Waals surface area contributed by atoms with Gasteiger partial charge in [-0.25, -0.2) is 4.39 Å². The predicted molar refractivity (Wildman–Crippen MR) is 110 cm³/mol. The van der Waals surface area contributed by atoms with E-state index in [0.29, 0.717) is 30.9 Å². The van der Waals surface area contributed by atoms with Crippen LogP contribution in [0.3, 0.4) is 0 Å². The highest BCUT2D eigenvalue weighted by atomic mass is 19.4. The van der Waals surface area contributed by atoms with Crippen LogP contribution in [0.2, 0.25) is 0 Å². The fourth-order valence-corrected chi connectivity index (χ4v) is 4.76. The Balaban J connectivity index is 1.49. The second kappa shape index (κ2) is 7.43. The van der Waals surface area contributed by atoms with E-state index >= 15 is 0 Å². The van der Waals surface area contributed by atoms with Crippen LogP contribution in [0.25, 0.3) is 0 Å². The first-order chi connectivity index (χ1) is 14.8. The Morgan fingerprint density at radius 2 is 1.81 bits per heavy atom. The Labute approximate surface area is 177 Å². The first-order valence-electron chi connectivity index (χ1n) is 10.6. The molecule has 1 amide bonds. The van der Waals surface area contributed by atoms with Crippen LogP contribution in [-0.4, -0.2) is 37.6 Å². The number of carbonyl (C=O) groups excluding carboxylic acids is 1. The molecule has 0 spiro atoms. The Bertz CT molecular complexity index is 1000. The molecule has 0 aromatic heterocycles. The number of para-hydroxylation sites is 1. The number of piperazine rings is 1. The third kappa shape index (κ3) is 3.83. The number of benzene rings is 2. The van der Waals surface area contributed by atoms with Crippen LogP contribution in [0.15, 0.2) is 42.5 Å². The lowest BCUT2D eigenvalue weighted by Crippen LogP contribution is -2.61. The molecule has 8 heteroatoms. The van der Waals surface area contributed by atoms with Crippen LogP contribution in [0.4, 0.5) is 28.9 Å². The summed E-state index contributed by atoms with van der Waals surface area (Å²) in [5, 5.41) is 3.02. The molecule has 0 radical (unpaired) electrons. The smallest absolute Gasteiger partial charge is 0.365 e. The third-order valence-corrected chi connectivity index (χ3v) is 6.49. The average Bonchev–Trinajstić information content (AvgIpc) is 3.56. The van der Waals surface area contributed by atoms with Gasteiger partial charge >= 0.3 is 6.18 Å². The summed E-state index contributed by atoms with van der Waals surface area (Å²) in [5.41, 5.74) is 1.07. The largest absolute Gasteiger partial charge is 0.416 e. The molecule has 2 fully saturated rings. The molecular weight excluding hydrogens is 410 g/mol. The van der Waals surface area contributed by atoms with Crippen molar-refractivity contribution < 1.29 is 22.4 Å². The zero-order chi connectivity index (χ0) is 21.8. The predicted octanol–water partition coefficient (Wildman–Crippen LogP) is 3.99. The maximum Gasteiger partial charge on any atom is 0.416 e. The second-order valence-corrected chi connectivity index (χ2v) is 8.59. The van der Waals surface area contributed by atoms with Crippen LogP contribution < -0.4 is 15.1 Å². The quantitative estimate of drug-likeness (QED) is 0.744. The molecule has 1 saturated heterocycles. The molecule has 1 aliphatic carbocycles. The summed E-state index contributed by atoms with van der Waals surface area (Å²) >= 11 is 0. The van der Waals surface area contributed by atoms with Gasteiger partial charge in [0.25, 0.3) is 0 Å². The topological polar surface area (TPSA) is 35.6 Å². The van der Waals surface area contributed by atoms with Gasteiger partial charge in [-0.2, -0.15) is 13.2 Å². The lowest BCUT2D eigenvalue weighted by Gasteiger charge is -2.49. The van der Waals surface area contributed by atoms with Crippen molar-refractivity contribution in [3.8, 4) is 0 Å². The molecule has 2 atom stereocenters. The van der Waals surface area contributed by atoms with Crippen molar-refractivity contribution in [1.29, 1.82) is 0 Å². The maximum absolute atomic E-state index is 14.4. The summed E-state index contributed by atoms with van der Waals surface area (Å²) in [6, 6.07) is 10.2. The summed E-state index contributed by atoms with van der Waals surface area (Å²) < 4.78 is 54.2. The van der Waals surface area contributed by atoms with Crippen LogP contribution in [-0.2, 0) is 17.4 Å². The van der Waals surface area contributed by atoms with Crippen molar-refractivity contribution in [3.05, 3.63) is 59.4 Å². The molecule has 164 valence electrons. The number of fused-ring (bicyclic) bond motifs is 3. The minimum atomic E-state index is -4.43. The molecule has 2 aliphatic heterocycles. The van der Waals surface area contributed by atoms with E-state index in [1.54, 1.807) is 18.2 Å². The fourth-order valence-electron chi connectivity index (χ4n) is 4.76. The highest BCUT2D eigenvalue weighted by molar-refractivity contribution is 5.83. The first-order valence-corrected chi connectivity index (χ1v) is 10.6.